The third-order valence-electron chi connectivity index (χ3n) is 4.27. The van der Waals surface area contributed by atoms with Gasteiger partial charge >= 0.3 is 6.18 Å². The molecule has 1 fully saturated rings. The van der Waals surface area contributed by atoms with Crippen LogP contribution in [0.4, 0.5) is 13.2 Å². The van der Waals surface area contributed by atoms with Gasteiger partial charge in [-0.25, -0.2) is 4.98 Å². The fraction of sp³-hybridized carbons (Fsp3) is 0.667. The van der Waals surface area contributed by atoms with Crippen molar-refractivity contribution in [2.45, 2.75) is 56.7 Å². The Kier molecular flexibility index (Phi) is 6.39. The third kappa shape index (κ3) is 5.35. The molecule has 2 heterocycles. The molecule has 2 rings (SSSR count). The highest BCUT2D eigenvalue weighted by Crippen LogP contribution is 2.38. The van der Waals surface area contributed by atoms with Crippen molar-refractivity contribution in [3.8, 4) is 6.07 Å². The van der Waals surface area contributed by atoms with Crippen molar-refractivity contribution < 1.29 is 13.2 Å². The largest absolute Gasteiger partial charge is 0.417 e. The zero-order valence-corrected chi connectivity index (χ0v) is 15.7. The molecular formula is C18H24F3N3S. The lowest BCUT2D eigenvalue weighted by atomic mass is 9.90. The van der Waals surface area contributed by atoms with E-state index in [1.54, 1.807) is 6.07 Å². The monoisotopic (exact) mass is 371 g/mol. The van der Waals surface area contributed by atoms with Crippen molar-refractivity contribution in [3.63, 3.8) is 0 Å². The number of alkyl halides is 3. The number of nitriles is 1. The quantitative estimate of drug-likeness (QED) is 0.710. The number of piperidine rings is 1. The van der Waals surface area contributed by atoms with Crippen LogP contribution in [0.5, 0.6) is 0 Å². The highest BCUT2D eigenvalue weighted by atomic mass is 32.2. The van der Waals surface area contributed by atoms with Crippen molar-refractivity contribution in [1.82, 2.24) is 9.88 Å². The van der Waals surface area contributed by atoms with E-state index in [0.29, 0.717) is 11.4 Å². The Morgan fingerprint density at radius 2 is 1.84 bits per heavy atom. The molecule has 0 spiro atoms. The molecule has 1 aromatic rings. The first kappa shape index (κ1) is 20.1. The Hall–Kier alpha value is -1.26. The number of pyridine rings is 1. The number of likely N-dealkylation sites (tertiary alicyclic amines) is 1. The summed E-state index contributed by atoms with van der Waals surface area (Å²) in [5.41, 5.74) is -1.39. The summed E-state index contributed by atoms with van der Waals surface area (Å²) >= 11 is 1.25. The van der Waals surface area contributed by atoms with Gasteiger partial charge in [0, 0.05) is 23.4 Å². The minimum atomic E-state index is -4.56. The first-order chi connectivity index (χ1) is 11.6. The number of hydrogen-bond donors (Lipinski definition) is 0. The van der Waals surface area contributed by atoms with E-state index < -0.39 is 17.2 Å². The Bertz CT molecular complexity index is 639. The number of rotatable bonds is 4. The average Bonchev–Trinajstić information content (AvgIpc) is 2.53. The summed E-state index contributed by atoms with van der Waals surface area (Å²) in [4.78, 5) is 6.71. The minimum Gasteiger partial charge on any atom is -0.303 e. The Labute approximate surface area is 151 Å². The molecule has 1 aliphatic heterocycles. The molecule has 1 aromatic heterocycles. The van der Waals surface area contributed by atoms with Crippen LogP contribution in [0.15, 0.2) is 11.1 Å². The van der Waals surface area contributed by atoms with Gasteiger partial charge in [-0.3, -0.25) is 0 Å². The van der Waals surface area contributed by atoms with Crippen LogP contribution < -0.4 is 0 Å². The fourth-order valence-electron chi connectivity index (χ4n) is 2.80. The van der Waals surface area contributed by atoms with E-state index in [1.807, 2.05) is 20.8 Å². The van der Waals surface area contributed by atoms with E-state index in [0.717, 1.165) is 25.7 Å². The highest BCUT2D eigenvalue weighted by molar-refractivity contribution is 7.99. The molecule has 0 saturated carbocycles. The van der Waals surface area contributed by atoms with Crippen molar-refractivity contribution in [1.29, 1.82) is 5.26 Å². The van der Waals surface area contributed by atoms with E-state index in [9.17, 15) is 18.4 Å². The second kappa shape index (κ2) is 7.96. The number of thioether (sulfide) groups is 1. The predicted octanol–water partition coefficient (Wildman–Crippen LogP) is 4.85. The second-order valence-corrected chi connectivity index (χ2v) is 8.43. The van der Waals surface area contributed by atoms with Crippen LogP contribution in [-0.4, -0.2) is 35.3 Å². The van der Waals surface area contributed by atoms with Gasteiger partial charge in [-0.2, -0.15) is 18.4 Å². The molecule has 0 aliphatic carbocycles. The van der Waals surface area contributed by atoms with E-state index in [-0.39, 0.29) is 10.6 Å². The smallest absolute Gasteiger partial charge is 0.303 e. The number of hydrogen-bond acceptors (Lipinski definition) is 4. The molecule has 3 nitrogen and oxygen atoms in total. The van der Waals surface area contributed by atoms with Crippen LogP contribution in [0, 0.1) is 11.3 Å². The van der Waals surface area contributed by atoms with Crippen LogP contribution in [-0.2, 0) is 11.6 Å². The maximum atomic E-state index is 13.4. The molecule has 0 atom stereocenters. The lowest BCUT2D eigenvalue weighted by Crippen LogP contribution is -2.31. The van der Waals surface area contributed by atoms with Crippen LogP contribution in [0.3, 0.4) is 0 Å². The second-order valence-electron chi connectivity index (χ2n) is 7.35. The fourth-order valence-corrected chi connectivity index (χ4v) is 3.80. The SMILES string of the molecule is CC(C)(C)c1cc(C(F)(F)F)c(C#N)c(SCCN2CCCCC2)n1. The highest BCUT2D eigenvalue weighted by Gasteiger charge is 2.37. The van der Waals surface area contributed by atoms with E-state index in [1.165, 1.54) is 31.0 Å². The van der Waals surface area contributed by atoms with Crippen LogP contribution >= 0.6 is 11.8 Å². The van der Waals surface area contributed by atoms with Crippen molar-refractivity contribution >= 4 is 11.8 Å². The summed E-state index contributed by atoms with van der Waals surface area (Å²) in [6.45, 7) is 8.35. The van der Waals surface area contributed by atoms with Gasteiger partial charge in [-0.15, -0.1) is 11.8 Å². The first-order valence-electron chi connectivity index (χ1n) is 8.51. The Morgan fingerprint density at radius 1 is 1.20 bits per heavy atom. The van der Waals surface area contributed by atoms with Crippen molar-refractivity contribution in [2.24, 2.45) is 0 Å². The molecule has 1 aliphatic rings. The lowest BCUT2D eigenvalue weighted by Gasteiger charge is -2.26. The molecule has 0 radical (unpaired) electrons. The van der Waals surface area contributed by atoms with Gasteiger partial charge < -0.3 is 4.90 Å². The van der Waals surface area contributed by atoms with Crippen molar-refractivity contribution in [2.75, 3.05) is 25.4 Å². The Balaban J connectivity index is 2.26. The molecule has 0 unspecified atom stereocenters. The van der Waals surface area contributed by atoms with Gasteiger partial charge in [-0.05, 0) is 32.0 Å². The summed E-state index contributed by atoms with van der Waals surface area (Å²) < 4.78 is 40.2. The standard InChI is InChI=1S/C18H24F3N3S/c1-17(2,3)15-11-14(18(19,20)21)13(12-22)16(23-15)25-10-9-24-7-5-4-6-8-24/h11H,4-10H2,1-3H3. The summed E-state index contributed by atoms with van der Waals surface area (Å²) in [5, 5.41) is 9.48. The van der Waals surface area contributed by atoms with Crippen molar-refractivity contribution in [3.05, 3.63) is 22.9 Å². The summed E-state index contributed by atoms with van der Waals surface area (Å²) in [7, 11) is 0. The van der Waals surface area contributed by atoms with E-state index >= 15 is 0 Å². The number of nitrogens with zero attached hydrogens (tertiary/aromatic N) is 3. The van der Waals surface area contributed by atoms with Crippen LogP contribution in [0.2, 0.25) is 0 Å². The summed E-state index contributed by atoms with van der Waals surface area (Å²) in [5.74, 6) is 0.632. The third-order valence-corrected chi connectivity index (χ3v) is 5.22. The molecule has 138 valence electrons. The maximum absolute atomic E-state index is 13.4. The molecule has 0 aromatic carbocycles. The predicted molar refractivity (Wildman–Crippen MR) is 93.7 cm³/mol. The van der Waals surface area contributed by atoms with Gasteiger partial charge in [-0.1, -0.05) is 27.2 Å². The van der Waals surface area contributed by atoms with Crippen LogP contribution in [0.25, 0.3) is 0 Å². The first-order valence-corrected chi connectivity index (χ1v) is 9.49. The summed E-state index contributed by atoms with van der Waals surface area (Å²) in [6.07, 6.45) is -0.975. The summed E-state index contributed by atoms with van der Waals surface area (Å²) in [6, 6.07) is 2.74. The molecular weight excluding hydrogens is 347 g/mol. The molecule has 0 bridgehead atoms. The molecule has 1 saturated heterocycles. The molecule has 0 N–H and O–H groups in total. The minimum absolute atomic E-state index is 0.194. The van der Waals surface area contributed by atoms with Gasteiger partial charge in [0.1, 0.15) is 11.1 Å². The number of aromatic nitrogens is 1. The van der Waals surface area contributed by atoms with Crippen LogP contribution in [0.1, 0.15) is 56.9 Å². The maximum Gasteiger partial charge on any atom is 0.417 e. The zero-order valence-electron chi connectivity index (χ0n) is 14.9. The lowest BCUT2D eigenvalue weighted by molar-refractivity contribution is -0.138. The average molecular weight is 371 g/mol. The van der Waals surface area contributed by atoms with Gasteiger partial charge in [0.05, 0.1) is 11.1 Å². The van der Waals surface area contributed by atoms with Gasteiger partial charge in [0.25, 0.3) is 0 Å². The zero-order chi connectivity index (χ0) is 18.7. The van der Waals surface area contributed by atoms with Gasteiger partial charge in [0.2, 0.25) is 0 Å². The molecule has 7 heteroatoms. The molecule has 0 amide bonds. The normalized spacial score (nSPS) is 16.7. The Morgan fingerprint density at radius 3 is 2.36 bits per heavy atom. The number of halogens is 3. The molecule has 25 heavy (non-hydrogen) atoms. The van der Waals surface area contributed by atoms with E-state index in [4.69, 9.17) is 0 Å². The topological polar surface area (TPSA) is 39.9 Å². The van der Waals surface area contributed by atoms with Gasteiger partial charge in [0.15, 0.2) is 0 Å². The van der Waals surface area contributed by atoms with E-state index in [2.05, 4.69) is 9.88 Å².